The molecule has 0 aliphatic heterocycles. The van der Waals surface area contributed by atoms with Gasteiger partial charge in [0.25, 0.3) is 0 Å². The molecule has 0 saturated heterocycles. The van der Waals surface area contributed by atoms with Crippen molar-refractivity contribution in [2.24, 2.45) is 0 Å². The van der Waals surface area contributed by atoms with Crippen LogP contribution in [-0.2, 0) is 5.60 Å². The lowest BCUT2D eigenvalue weighted by molar-refractivity contribution is 0.0246. The van der Waals surface area contributed by atoms with Gasteiger partial charge >= 0.3 is 0 Å². The minimum Gasteiger partial charge on any atom is -0.378 e. The van der Waals surface area contributed by atoms with Crippen LogP contribution in [0.1, 0.15) is 24.1 Å². The molecule has 4 nitrogen and oxygen atoms in total. The molecule has 0 spiro atoms. The Labute approximate surface area is 162 Å². The molecule has 6 heteroatoms. The van der Waals surface area contributed by atoms with Crippen molar-refractivity contribution in [3.63, 3.8) is 0 Å². The Morgan fingerprint density at radius 1 is 0.957 bits per heavy atom. The van der Waals surface area contributed by atoms with Gasteiger partial charge in [-0.2, -0.15) is 5.10 Å². The van der Waals surface area contributed by atoms with E-state index in [1.165, 1.54) is 6.33 Å². The normalized spacial score (nSPS) is 13.0. The van der Waals surface area contributed by atoms with E-state index in [9.17, 15) is 5.11 Å². The Morgan fingerprint density at radius 2 is 1.43 bits per heavy atom. The Hall–Kier alpha value is -1.000. The highest BCUT2D eigenvalue weighted by Crippen LogP contribution is 2.39. The summed E-state index contributed by atoms with van der Waals surface area (Å²) in [5, 5.41) is 15.9. The van der Waals surface area contributed by atoms with E-state index in [1.54, 1.807) is 11.0 Å². The van der Waals surface area contributed by atoms with Gasteiger partial charge in [-0.1, -0.05) is 24.3 Å². The molecule has 0 amide bonds. The summed E-state index contributed by atoms with van der Waals surface area (Å²) >= 11 is 4.52. The van der Waals surface area contributed by atoms with E-state index >= 15 is 0 Å². The first-order chi connectivity index (χ1) is 11.0. The van der Waals surface area contributed by atoms with Gasteiger partial charge in [0, 0.05) is 7.14 Å². The average Bonchev–Trinajstić information content (AvgIpc) is 3.09. The number of aromatic nitrogens is 3. The summed E-state index contributed by atoms with van der Waals surface area (Å²) in [7, 11) is 0. The standard InChI is InChI=1S/C17H15I2N3O/c1-12(22-11-20-10-21-22)17(23,13-2-6-15(18)7-3-13)14-4-8-16(19)9-5-14/h2-12,23H,1H3. The number of hydrogen-bond donors (Lipinski definition) is 1. The SMILES string of the molecule is CC(n1cncn1)C(O)(c1ccc(I)cc1)c1ccc(I)cc1. The van der Waals surface area contributed by atoms with E-state index < -0.39 is 5.60 Å². The third-order valence-corrected chi connectivity index (χ3v) is 5.45. The van der Waals surface area contributed by atoms with E-state index in [1.807, 2.05) is 55.5 Å². The van der Waals surface area contributed by atoms with Crippen molar-refractivity contribution in [1.82, 2.24) is 14.8 Å². The predicted molar refractivity (Wildman–Crippen MR) is 106 cm³/mol. The Kier molecular flexibility index (Phi) is 5.02. The highest BCUT2D eigenvalue weighted by molar-refractivity contribution is 14.1. The molecule has 0 aliphatic rings. The molecule has 3 rings (SSSR count). The van der Waals surface area contributed by atoms with Gasteiger partial charge in [-0.3, -0.25) is 0 Å². The second-order valence-electron chi connectivity index (χ2n) is 5.33. The molecule has 1 heterocycles. The third kappa shape index (κ3) is 3.29. The minimum atomic E-state index is -1.19. The highest BCUT2D eigenvalue weighted by atomic mass is 127. The van der Waals surface area contributed by atoms with Crippen molar-refractivity contribution < 1.29 is 5.11 Å². The van der Waals surface area contributed by atoms with E-state index in [0.29, 0.717) is 0 Å². The molecule has 1 atom stereocenters. The average molecular weight is 531 g/mol. The van der Waals surface area contributed by atoms with Gasteiger partial charge in [-0.05, 0) is 87.5 Å². The Bertz CT molecular complexity index is 725. The zero-order chi connectivity index (χ0) is 16.4. The number of rotatable bonds is 4. The van der Waals surface area contributed by atoms with E-state index in [-0.39, 0.29) is 6.04 Å². The number of benzene rings is 2. The zero-order valence-electron chi connectivity index (χ0n) is 12.4. The van der Waals surface area contributed by atoms with Crippen molar-refractivity contribution in [3.8, 4) is 0 Å². The summed E-state index contributed by atoms with van der Waals surface area (Å²) in [6.07, 6.45) is 3.12. The summed E-state index contributed by atoms with van der Waals surface area (Å²) < 4.78 is 3.95. The molecular weight excluding hydrogens is 516 g/mol. The van der Waals surface area contributed by atoms with Gasteiger partial charge in [-0.15, -0.1) is 0 Å². The minimum absolute atomic E-state index is 0.301. The fourth-order valence-corrected chi connectivity index (χ4v) is 3.39. The first kappa shape index (κ1) is 16.8. The monoisotopic (exact) mass is 531 g/mol. The summed E-state index contributed by atoms with van der Waals surface area (Å²) in [5.41, 5.74) is 0.479. The molecule has 3 aromatic rings. The fourth-order valence-electron chi connectivity index (χ4n) is 2.67. The molecule has 23 heavy (non-hydrogen) atoms. The van der Waals surface area contributed by atoms with Crippen LogP contribution in [0.5, 0.6) is 0 Å². The summed E-state index contributed by atoms with van der Waals surface area (Å²) in [6.45, 7) is 1.95. The van der Waals surface area contributed by atoms with Crippen molar-refractivity contribution in [3.05, 3.63) is 79.5 Å². The predicted octanol–water partition coefficient (Wildman–Crippen LogP) is 3.98. The Balaban J connectivity index is 2.16. The van der Waals surface area contributed by atoms with Gasteiger partial charge in [-0.25, -0.2) is 9.67 Å². The second-order valence-corrected chi connectivity index (χ2v) is 7.82. The molecule has 118 valence electrons. The van der Waals surface area contributed by atoms with E-state index in [0.717, 1.165) is 18.3 Å². The summed E-state index contributed by atoms with van der Waals surface area (Å²) in [4.78, 5) is 4.01. The van der Waals surface area contributed by atoms with Gasteiger partial charge in [0.05, 0.1) is 6.04 Å². The van der Waals surface area contributed by atoms with Crippen molar-refractivity contribution in [2.45, 2.75) is 18.6 Å². The maximum absolute atomic E-state index is 11.7. The van der Waals surface area contributed by atoms with Crippen LogP contribution in [0.3, 0.4) is 0 Å². The van der Waals surface area contributed by atoms with Crippen molar-refractivity contribution in [2.75, 3.05) is 0 Å². The second kappa shape index (κ2) is 6.86. The molecule has 0 bridgehead atoms. The number of aliphatic hydroxyl groups is 1. The summed E-state index contributed by atoms with van der Waals surface area (Å²) in [6, 6.07) is 15.6. The topological polar surface area (TPSA) is 50.9 Å². The van der Waals surface area contributed by atoms with E-state index in [2.05, 4.69) is 55.3 Å². The molecule has 0 saturated carbocycles. The molecular formula is C17H15I2N3O. The largest absolute Gasteiger partial charge is 0.378 e. The maximum atomic E-state index is 11.7. The molecule has 1 N–H and O–H groups in total. The molecule has 0 radical (unpaired) electrons. The van der Waals surface area contributed by atoms with Crippen LogP contribution >= 0.6 is 45.2 Å². The van der Waals surface area contributed by atoms with Crippen LogP contribution in [0.25, 0.3) is 0 Å². The van der Waals surface area contributed by atoms with Crippen LogP contribution in [0.4, 0.5) is 0 Å². The molecule has 0 fully saturated rings. The first-order valence-electron chi connectivity index (χ1n) is 7.10. The summed E-state index contributed by atoms with van der Waals surface area (Å²) in [5.74, 6) is 0. The van der Waals surface area contributed by atoms with E-state index in [4.69, 9.17) is 0 Å². The lowest BCUT2D eigenvalue weighted by Gasteiger charge is -2.35. The molecule has 1 unspecified atom stereocenters. The number of nitrogens with zero attached hydrogens (tertiary/aromatic N) is 3. The molecule has 2 aromatic carbocycles. The molecule has 1 aromatic heterocycles. The first-order valence-corrected chi connectivity index (χ1v) is 9.26. The maximum Gasteiger partial charge on any atom is 0.137 e. The van der Waals surface area contributed by atoms with Crippen LogP contribution in [0.2, 0.25) is 0 Å². The highest BCUT2D eigenvalue weighted by Gasteiger charge is 2.39. The van der Waals surface area contributed by atoms with Crippen LogP contribution in [0.15, 0.2) is 61.2 Å². The van der Waals surface area contributed by atoms with Gasteiger partial charge in [0.2, 0.25) is 0 Å². The van der Waals surface area contributed by atoms with Gasteiger partial charge in [0.15, 0.2) is 0 Å². The smallest absolute Gasteiger partial charge is 0.137 e. The third-order valence-electron chi connectivity index (χ3n) is 4.01. The van der Waals surface area contributed by atoms with Crippen molar-refractivity contribution in [1.29, 1.82) is 0 Å². The lowest BCUT2D eigenvalue weighted by Crippen LogP contribution is -2.37. The van der Waals surface area contributed by atoms with Gasteiger partial charge in [0.1, 0.15) is 18.3 Å². The Morgan fingerprint density at radius 3 is 1.83 bits per heavy atom. The quantitative estimate of drug-likeness (QED) is 0.519. The van der Waals surface area contributed by atoms with Crippen LogP contribution in [-0.4, -0.2) is 19.9 Å². The fraction of sp³-hybridized carbons (Fsp3) is 0.176. The number of hydrogen-bond acceptors (Lipinski definition) is 3. The molecule has 0 aliphatic carbocycles. The van der Waals surface area contributed by atoms with Gasteiger partial charge < -0.3 is 5.11 Å². The number of halogens is 2. The lowest BCUT2D eigenvalue weighted by atomic mass is 9.81. The van der Waals surface area contributed by atoms with Crippen molar-refractivity contribution >= 4 is 45.2 Å². The van der Waals surface area contributed by atoms with Crippen LogP contribution in [0, 0.1) is 7.14 Å². The zero-order valence-corrected chi connectivity index (χ0v) is 16.7. The van der Waals surface area contributed by atoms with Crippen LogP contribution < -0.4 is 0 Å².